The largest absolute Gasteiger partial charge is 0.465 e. The van der Waals surface area contributed by atoms with Gasteiger partial charge in [0.25, 0.3) is 0 Å². The number of rotatable bonds is 5. The number of esters is 1. The molecule has 0 aromatic carbocycles. The fourth-order valence-corrected chi connectivity index (χ4v) is 0.870. The lowest BCUT2D eigenvalue weighted by atomic mass is 10.1. The van der Waals surface area contributed by atoms with Crippen molar-refractivity contribution in [2.45, 2.75) is 25.8 Å². The zero-order chi connectivity index (χ0) is 11.1. The Morgan fingerprint density at radius 1 is 1.43 bits per heavy atom. The summed E-state index contributed by atoms with van der Waals surface area (Å²) >= 11 is 0. The van der Waals surface area contributed by atoms with E-state index in [2.05, 4.69) is 0 Å². The van der Waals surface area contributed by atoms with Crippen LogP contribution in [-0.2, 0) is 14.3 Å². The molecule has 0 saturated carbocycles. The molecule has 0 aromatic heterocycles. The Balaban J connectivity index is 3.78. The van der Waals surface area contributed by atoms with E-state index in [0.717, 1.165) is 0 Å². The Morgan fingerprint density at radius 2 is 2.00 bits per heavy atom. The van der Waals surface area contributed by atoms with E-state index < -0.39 is 12.0 Å². The molecular weight excluding hydrogens is 184 g/mol. The molecule has 0 saturated heterocycles. The summed E-state index contributed by atoms with van der Waals surface area (Å²) in [6, 6.07) is -0.696. The maximum Gasteiger partial charge on any atom is 0.322 e. The normalized spacial score (nSPS) is 12.0. The van der Waals surface area contributed by atoms with E-state index in [0.29, 0.717) is 13.0 Å². The Bertz CT molecular complexity index is 204. The molecule has 0 heterocycles. The third-order valence-corrected chi connectivity index (χ3v) is 1.76. The molecule has 5 nitrogen and oxygen atoms in total. The van der Waals surface area contributed by atoms with Crippen molar-refractivity contribution in [3.8, 4) is 0 Å². The minimum atomic E-state index is -0.696. The van der Waals surface area contributed by atoms with Crippen LogP contribution in [0.3, 0.4) is 0 Å². The molecular formula is C9H18N2O3. The summed E-state index contributed by atoms with van der Waals surface area (Å²) in [4.78, 5) is 23.7. The molecule has 0 radical (unpaired) electrons. The van der Waals surface area contributed by atoms with Gasteiger partial charge in [-0.1, -0.05) is 0 Å². The maximum atomic E-state index is 11.1. The molecule has 1 atom stereocenters. The second-order valence-corrected chi connectivity index (χ2v) is 3.19. The van der Waals surface area contributed by atoms with Gasteiger partial charge in [-0.15, -0.1) is 0 Å². The lowest BCUT2D eigenvalue weighted by Crippen LogP contribution is -2.34. The highest BCUT2D eigenvalue weighted by Crippen LogP contribution is 1.99. The van der Waals surface area contributed by atoms with E-state index in [-0.39, 0.29) is 12.3 Å². The van der Waals surface area contributed by atoms with Gasteiger partial charge in [-0.2, -0.15) is 0 Å². The van der Waals surface area contributed by atoms with E-state index in [1.807, 2.05) is 0 Å². The van der Waals surface area contributed by atoms with Crippen LogP contribution in [0.4, 0.5) is 0 Å². The number of carbonyl (C=O) groups is 2. The fraction of sp³-hybridized carbons (Fsp3) is 0.778. The third-order valence-electron chi connectivity index (χ3n) is 1.76. The van der Waals surface area contributed by atoms with E-state index >= 15 is 0 Å². The molecule has 0 rings (SSSR count). The van der Waals surface area contributed by atoms with Crippen molar-refractivity contribution in [2.75, 3.05) is 20.7 Å². The number of ether oxygens (including phenoxy) is 1. The van der Waals surface area contributed by atoms with Crippen molar-refractivity contribution in [3.05, 3.63) is 0 Å². The zero-order valence-electron chi connectivity index (χ0n) is 8.95. The van der Waals surface area contributed by atoms with Crippen molar-refractivity contribution < 1.29 is 14.3 Å². The van der Waals surface area contributed by atoms with Crippen molar-refractivity contribution in [2.24, 2.45) is 5.73 Å². The van der Waals surface area contributed by atoms with E-state index in [1.54, 1.807) is 21.0 Å². The quantitative estimate of drug-likeness (QED) is 0.624. The van der Waals surface area contributed by atoms with Gasteiger partial charge in [0.15, 0.2) is 0 Å². The average Bonchev–Trinajstić information content (AvgIpc) is 2.13. The minimum Gasteiger partial charge on any atom is -0.465 e. The second-order valence-electron chi connectivity index (χ2n) is 3.19. The molecule has 0 aromatic rings. The smallest absolute Gasteiger partial charge is 0.322 e. The molecule has 5 heteroatoms. The molecule has 1 amide bonds. The SMILES string of the molecule is CCOC(=O)[C@@H](N)CCC(=O)N(C)C. The van der Waals surface area contributed by atoms with Crippen LogP contribution in [0.5, 0.6) is 0 Å². The van der Waals surface area contributed by atoms with Crippen LogP contribution in [0.2, 0.25) is 0 Å². The predicted molar refractivity (Wildman–Crippen MR) is 52.5 cm³/mol. The molecule has 0 fully saturated rings. The minimum absolute atomic E-state index is 0.0373. The maximum absolute atomic E-state index is 11.1. The van der Waals surface area contributed by atoms with Crippen LogP contribution in [0.1, 0.15) is 19.8 Å². The first-order valence-corrected chi connectivity index (χ1v) is 4.61. The number of hydrogen-bond donors (Lipinski definition) is 1. The predicted octanol–water partition coefficient (Wildman–Crippen LogP) is -0.255. The van der Waals surface area contributed by atoms with Crippen LogP contribution in [0.25, 0.3) is 0 Å². The summed E-state index contributed by atoms with van der Waals surface area (Å²) in [5, 5.41) is 0. The van der Waals surface area contributed by atoms with Crippen LogP contribution < -0.4 is 5.73 Å². The van der Waals surface area contributed by atoms with Crippen molar-refractivity contribution in [3.63, 3.8) is 0 Å². The summed E-state index contributed by atoms with van der Waals surface area (Å²) in [6.07, 6.45) is 0.600. The number of nitrogens with two attached hydrogens (primary N) is 1. The summed E-state index contributed by atoms with van der Waals surface area (Å²) in [5.74, 6) is -0.483. The van der Waals surface area contributed by atoms with Crippen LogP contribution in [-0.4, -0.2) is 43.5 Å². The van der Waals surface area contributed by atoms with Gasteiger partial charge in [0.05, 0.1) is 6.61 Å². The van der Waals surface area contributed by atoms with Gasteiger partial charge in [-0.25, -0.2) is 0 Å². The molecule has 2 N–H and O–H groups in total. The van der Waals surface area contributed by atoms with Gasteiger partial charge in [-0.3, -0.25) is 9.59 Å². The summed E-state index contributed by atoms with van der Waals surface area (Å²) in [7, 11) is 3.33. The van der Waals surface area contributed by atoms with E-state index in [1.165, 1.54) is 4.90 Å². The lowest BCUT2D eigenvalue weighted by Gasteiger charge is -2.12. The van der Waals surface area contributed by atoms with Gasteiger partial charge in [0.1, 0.15) is 6.04 Å². The van der Waals surface area contributed by atoms with Gasteiger partial charge in [-0.05, 0) is 13.3 Å². The zero-order valence-corrected chi connectivity index (χ0v) is 8.95. The monoisotopic (exact) mass is 202 g/mol. The van der Waals surface area contributed by atoms with Crippen LogP contribution >= 0.6 is 0 Å². The van der Waals surface area contributed by atoms with Crippen LogP contribution in [0, 0.1) is 0 Å². The summed E-state index contributed by atoms with van der Waals surface area (Å²) in [5.41, 5.74) is 5.51. The van der Waals surface area contributed by atoms with Gasteiger partial charge >= 0.3 is 5.97 Å². The van der Waals surface area contributed by atoms with Gasteiger partial charge in [0, 0.05) is 20.5 Å². The highest BCUT2D eigenvalue weighted by Gasteiger charge is 2.16. The molecule has 0 spiro atoms. The van der Waals surface area contributed by atoms with E-state index in [9.17, 15) is 9.59 Å². The fourth-order valence-electron chi connectivity index (χ4n) is 0.870. The summed E-state index contributed by atoms with van der Waals surface area (Å²) in [6.45, 7) is 2.03. The second kappa shape index (κ2) is 6.37. The van der Waals surface area contributed by atoms with Crippen LogP contribution in [0.15, 0.2) is 0 Å². The molecule has 0 aliphatic carbocycles. The van der Waals surface area contributed by atoms with Crippen molar-refractivity contribution in [1.29, 1.82) is 0 Å². The summed E-state index contributed by atoms with van der Waals surface area (Å²) < 4.78 is 4.71. The first kappa shape index (κ1) is 12.9. The van der Waals surface area contributed by atoms with Crippen molar-refractivity contribution in [1.82, 2.24) is 4.90 Å². The first-order valence-electron chi connectivity index (χ1n) is 4.61. The molecule has 82 valence electrons. The molecule has 14 heavy (non-hydrogen) atoms. The molecule has 0 aliphatic heterocycles. The number of carbonyl (C=O) groups excluding carboxylic acids is 2. The van der Waals surface area contributed by atoms with E-state index in [4.69, 9.17) is 10.5 Å². The average molecular weight is 202 g/mol. The Kier molecular flexibility index (Phi) is 5.87. The lowest BCUT2D eigenvalue weighted by molar-refractivity contribution is -0.145. The topological polar surface area (TPSA) is 72.6 Å². The Morgan fingerprint density at radius 3 is 2.43 bits per heavy atom. The Hall–Kier alpha value is -1.10. The number of amides is 1. The number of nitrogens with zero attached hydrogens (tertiary/aromatic N) is 1. The molecule has 0 bridgehead atoms. The Labute approximate surface area is 84.2 Å². The highest BCUT2D eigenvalue weighted by molar-refractivity contribution is 5.78. The van der Waals surface area contributed by atoms with Gasteiger partial charge < -0.3 is 15.4 Å². The molecule has 0 unspecified atom stereocenters. The van der Waals surface area contributed by atoms with Gasteiger partial charge in [0.2, 0.25) is 5.91 Å². The highest BCUT2D eigenvalue weighted by atomic mass is 16.5. The molecule has 0 aliphatic rings. The number of hydrogen-bond acceptors (Lipinski definition) is 4. The standard InChI is InChI=1S/C9H18N2O3/c1-4-14-9(13)7(10)5-6-8(12)11(2)3/h7H,4-6,10H2,1-3H3/t7-/m0/s1. The first-order chi connectivity index (χ1) is 6.49. The van der Waals surface area contributed by atoms with Crippen molar-refractivity contribution >= 4 is 11.9 Å². The third kappa shape index (κ3) is 4.81.